The van der Waals surface area contributed by atoms with Crippen LogP contribution in [0.3, 0.4) is 0 Å². The molecule has 0 aliphatic carbocycles. The monoisotopic (exact) mass is 487 g/mol. The van der Waals surface area contributed by atoms with Crippen molar-refractivity contribution >= 4 is 33.4 Å². The number of imide groups is 1. The molecule has 2 aliphatic rings. The van der Waals surface area contributed by atoms with E-state index in [0.29, 0.717) is 30.1 Å². The number of rotatable bonds is 8. The number of anilines is 1. The molecule has 10 nitrogen and oxygen atoms in total. The van der Waals surface area contributed by atoms with Crippen LogP contribution in [-0.4, -0.2) is 75.3 Å². The van der Waals surface area contributed by atoms with Crippen LogP contribution in [0.1, 0.15) is 33.6 Å². The molecule has 0 aromatic heterocycles. The fourth-order valence-electron chi connectivity index (χ4n) is 3.93. The van der Waals surface area contributed by atoms with Gasteiger partial charge in [0.15, 0.2) is 0 Å². The van der Waals surface area contributed by atoms with Gasteiger partial charge in [-0.25, -0.2) is 8.42 Å². The zero-order chi connectivity index (χ0) is 24.3. The zero-order valence-electron chi connectivity index (χ0n) is 18.7. The number of benzene rings is 2. The molecule has 0 unspecified atom stereocenters. The van der Waals surface area contributed by atoms with E-state index in [4.69, 9.17) is 9.47 Å². The molecule has 3 amide bonds. The number of nitrogens with zero attached hydrogens (tertiary/aromatic N) is 2. The van der Waals surface area contributed by atoms with Gasteiger partial charge in [0.05, 0.1) is 42.0 Å². The van der Waals surface area contributed by atoms with Crippen molar-refractivity contribution in [3.63, 3.8) is 0 Å². The molecule has 0 atom stereocenters. The smallest absolute Gasteiger partial charge is 0.261 e. The van der Waals surface area contributed by atoms with Crippen LogP contribution in [0, 0.1) is 0 Å². The van der Waals surface area contributed by atoms with E-state index in [2.05, 4.69) is 5.32 Å². The summed E-state index contributed by atoms with van der Waals surface area (Å²) in [6, 6.07) is 10.9. The van der Waals surface area contributed by atoms with Crippen molar-refractivity contribution < 1.29 is 32.3 Å². The van der Waals surface area contributed by atoms with Crippen LogP contribution in [0.25, 0.3) is 0 Å². The molecule has 11 heteroatoms. The predicted molar refractivity (Wildman–Crippen MR) is 122 cm³/mol. The second kappa shape index (κ2) is 9.92. The van der Waals surface area contributed by atoms with E-state index in [1.54, 1.807) is 24.3 Å². The van der Waals surface area contributed by atoms with E-state index in [-0.39, 0.29) is 54.9 Å². The summed E-state index contributed by atoms with van der Waals surface area (Å²) in [6.07, 6.45) is 0.280. The Morgan fingerprint density at radius 2 is 1.71 bits per heavy atom. The number of ether oxygens (including phenoxy) is 2. The average molecular weight is 488 g/mol. The van der Waals surface area contributed by atoms with E-state index >= 15 is 0 Å². The zero-order valence-corrected chi connectivity index (χ0v) is 19.5. The SMILES string of the molecule is COc1ccc(S(=O)(=O)N2CCOCC2)cc1NC(=O)CCCN1C(=O)c2ccccc2C1=O. The van der Waals surface area contributed by atoms with Crippen molar-refractivity contribution in [3.8, 4) is 5.75 Å². The lowest BCUT2D eigenvalue weighted by Crippen LogP contribution is -2.40. The molecule has 0 spiro atoms. The van der Waals surface area contributed by atoms with Crippen molar-refractivity contribution in [1.82, 2.24) is 9.21 Å². The Balaban J connectivity index is 1.39. The maximum atomic E-state index is 12.9. The van der Waals surface area contributed by atoms with Gasteiger partial charge < -0.3 is 14.8 Å². The molecular formula is C23H25N3O7S. The molecule has 1 saturated heterocycles. The minimum Gasteiger partial charge on any atom is -0.495 e. The number of methoxy groups -OCH3 is 1. The lowest BCUT2D eigenvalue weighted by molar-refractivity contribution is -0.116. The van der Waals surface area contributed by atoms with E-state index in [9.17, 15) is 22.8 Å². The Labute approximate surface area is 197 Å². The second-order valence-electron chi connectivity index (χ2n) is 7.84. The van der Waals surface area contributed by atoms with Crippen LogP contribution >= 0.6 is 0 Å². The van der Waals surface area contributed by atoms with E-state index < -0.39 is 15.9 Å². The number of fused-ring (bicyclic) bond motifs is 1. The second-order valence-corrected chi connectivity index (χ2v) is 9.78. The summed E-state index contributed by atoms with van der Waals surface area (Å²) in [6.45, 7) is 1.27. The minimum atomic E-state index is -3.75. The van der Waals surface area contributed by atoms with Crippen LogP contribution in [0.4, 0.5) is 5.69 Å². The van der Waals surface area contributed by atoms with Gasteiger partial charge in [0, 0.05) is 26.1 Å². The fourth-order valence-corrected chi connectivity index (χ4v) is 5.37. The summed E-state index contributed by atoms with van der Waals surface area (Å²) in [4.78, 5) is 38.6. The molecule has 0 saturated carbocycles. The maximum absolute atomic E-state index is 12.9. The molecule has 1 fully saturated rings. The molecule has 1 N–H and O–H groups in total. The highest BCUT2D eigenvalue weighted by Gasteiger charge is 2.34. The molecule has 2 aromatic carbocycles. The van der Waals surface area contributed by atoms with Gasteiger partial charge in [-0.15, -0.1) is 0 Å². The van der Waals surface area contributed by atoms with Gasteiger partial charge in [-0.3, -0.25) is 19.3 Å². The van der Waals surface area contributed by atoms with Crippen LogP contribution in [0.5, 0.6) is 5.75 Å². The lowest BCUT2D eigenvalue weighted by Gasteiger charge is -2.26. The summed E-state index contributed by atoms with van der Waals surface area (Å²) < 4.78 is 37.7. The first-order valence-corrected chi connectivity index (χ1v) is 12.3. The van der Waals surface area contributed by atoms with Gasteiger partial charge in [0.25, 0.3) is 11.8 Å². The lowest BCUT2D eigenvalue weighted by atomic mass is 10.1. The first-order valence-electron chi connectivity index (χ1n) is 10.8. The summed E-state index contributed by atoms with van der Waals surface area (Å²) in [7, 11) is -2.33. The summed E-state index contributed by atoms with van der Waals surface area (Å²) in [5.41, 5.74) is 0.947. The number of carbonyl (C=O) groups is 3. The van der Waals surface area contributed by atoms with Crippen LogP contribution in [0.15, 0.2) is 47.4 Å². The van der Waals surface area contributed by atoms with Crippen LogP contribution < -0.4 is 10.1 Å². The van der Waals surface area contributed by atoms with Crippen molar-refractivity contribution in [2.75, 3.05) is 45.3 Å². The highest BCUT2D eigenvalue weighted by molar-refractivity contribution is 7.89. The Kier molecular flexibility index (Phi) is 6.96. The third-order valence-electron chi connectivity index (χ3n) is 5.72. The predicted octanol–water partition coefficient (Wildman–Crippen LogP) is 1.73. The highest BCUT2D eigenvalue weighted by Crippen LogP contribution is 2.29. The third-order valence-corrected chi connectivity index (χ3v) is 7.61. The summed E-state index contributed by atoms with van der Waals surface area (Å²) in [5, 5.41) is 2.68. The summed E-state index contributed by atoms with van der Waals surface area (Å²) >= 11 is 0. The number of amides is 3. The van der Waals surface area contributed by atoms with Gasteiger partial charge in [-0.1, -0.05) is 12.1 Å². The quantitative estimate of drug-likeness (QED) is 0.563. The van der Waals surface area contributed by atoms with Crippen LogP contribution in [0.2, 0.25) is 0 Å². The third kappa shape index (κ3) is 4.67. The number of carbonyl (C=O) groups excluding carboxylic acids is 3. The molecule has 4 rings (SSSR count). The average Bonchev–Trinajstić information content (AvgIpc) is 3.09. The molecule has 2 aliphatic heterocycles. The Morgan fingerprint density at radius 1 is 1.06 bits per heavy atom. The van der Waals surface area contributed by atoms with E-state index in [0.717, 1.165) is 4.90 Å². The van der Waals surface area contributed by atoms with Gasteiger partial charge in [0.1, 0.15) is 5.75 Å². The van der Waals surface area contributed by atoms with Gasteiger partial charge in [-0.2, -0.15) is 4.31 Å². The topological polar surface area (TPSA) is 122 Å². The minimum absolute atomic E-state index is 0.0248. The van der Waals surface area contributed by atoms with Crippen molar-refractivity contribution in [1.29, 1.82) is 0 Å². The van der Waals surface area contributed by atoms with Gasteiger partial charge in [0.2, 0.25) is 15.9 Å². The number of nitrogens with one attached hydrogen (secondary N) is 1. The molecule has 0 bridgehead atoms. The van der Waals surface area contributed by atoms with Gasteiger partial charge in [-0.05, 0) is 36.8 Å². The Hall–Kier alpha value is -3.28. The number of morpholine rings is 1. The Morgan fingerprint density at radius 3 is 2.32 bits per heavy atom. The van der Waals surface area contributed by atoms with Crippen molar-refractivity contribution in [2.45, 2.75) is 17.7 Å². The first kappa shape index (κ1) is 23.9. The summed E-state index contributed by atoms with van der Waals surface area (Å²) in [5.74, 6) is -0.821. The highest BCUT2D eigenvalue weighted by atomic mass is 32.2. The van der Waals surface area contributed by atoms with Gasteiger partial charge >= 0.3 is 0 Å². The molecular weight excluding hydrogens is 462 g/mol. The molecule has 2 aromatic rings. The van der Waals surface area contributed by atoms with E-state index in [1.807, 2.05) is 0 Å². The number of sulfonamides is 1. The maximum Gasteiger partial charge on any atom is 0.261 e. The first-order chi connectivity index (χ1) is 16.3. The van der Waals surface area contributed by atoms with E-state index in [1.165, 1.54) is 29.6 Å². The fraction of sp³-hybridized carbons (Fsp3) is 0.348. The van der Waals surface area contributed by atoms with Crippen LogP contribution in [-0.2, 0) is 19.6 Å². The Bertz CT molecular complexity index is 1190. The largest absolute Gasteiger partial charge is 0.495 e. The normalized spacial score (nSPS) is 16.4. The molecule has 34 heavy (non-hydrogen) atoms. The molecule has 2 heterocycles. The number of hydrogen-bond donors (Lipinski definition) is 1. The standard InChI is InChI=1S/C23H25N3O7S/c1-32-20-9-8-16(34(30,31)25-11-13-33-14-12-25)15-19(20)24-21(27)7-4-10-26-22(28)17-5-2-3-6-18(17)23(26)29/h2-3,5-6,8-9,15H,4,7,10-14H2,1H3,(H,24,27). The molecule has 180 valence electrons. The molecule has 0 radical (unpaired) electrons. The number of hydrogen-bond acceptors (Lipinski definition) is 7. The van der Waals surface area contributed by atoms with Crippen molar-refractivity contribution in [2.24, 2.45) is 0 Å². The van der Waals surface area contributed by atoms with Crippen molar-refractivity contribution in [3.05, 3.63) is 53.6 Å².